The summed E-state index contributed by atoms with van der Waals surface area (Å²) in [6.45, 7) is 4.44. The molecule has 2 N–H and O–H groups in total. The minimum absolute atomic E-state index is 0.0590. The molecule has 0 fully saturated rings. The molecule has 5 nitrogen and oxygen atoms in total. The first kappa shape index (κ1) is 22.9. The Morgan fingerprint density at radius 2 is 1.83 bits per heavy atom. The van der Waals surface area contributed by atoms with Crippen LogP contribution in [0.2, 0.25) is 0 Å². The number of carboxylic acid groups (broad SMARTS) is 1. The molecule has 1 atom stereocenters. The van der Waals surface area contributed by atoms with Crippen LogP contribution in [0.25, 0.3) is 0 Å². The molecule has 0 heterocycles. The maximum absolute atomic E-state index is 12.2. The molecule has 0 aliphatic rings. The van der Waals surface area contributed by atoms with Crippen LogP contribution in [0, 0.1) is 0 Å². The van der Waals surface area contributed by atoms with E-state index in [1.165, 1.54) is 23.3 Å². The molecular formula is C25H29NO4. The molecule has 0 bridgehead atoms. The molecule has 1 unspecified atom stereocenters. The largest absolute Gasteiger partial charge is 0.478 e. The number of carboxylic acids is 1. The van der Waals surface area contributed by atoms with E-state index in [1.807, 2.05) is 38.1 Å². The van der Waals surface area contributed by atoms with Crippen LogP contribution < -0.4 is 5.32 Å². The lowest BCUT2D eigenvalue weighted by Crippen LogP contribution is -2.26. The summed E-state index contributed by atoms with van der Waals surface area (Å²) in [5.74, 6) is -0.938. The summed E-state index contributed by atoms with van der Waals surface area (Å²) in [5.41, 5.74) is 3.29. The SMILES string of the molecule is C/C=C\Cc1ccccc1C(C/C=C\C)COC(=O)NCc1cccc(C(=O)O)c1. The highest BCUT2D eigenvalue weighted by Gasteiger charge is 2.16. The topological polar surface area (TPSA) is 75.6 Å². The molecule has 0 saturated carbocycles. The summed E-state index contributed by atoms with van der Waals surface area (Å²) in [5, 5.41) is 11.8. The highest BCUT2D eigenvalue weighted by Crippen LogP contribution is 2.25. The Hall–Kier alpha value is -3.34. The molecule has 0 spiro atoms. The summed E-state index contributed by atoms with van der Waals surface area (Å²) < 4.78 is 5.50. The molecule has 5 heteroatoms. The van der Waals surface area contributed by atoms with E-state index in [0.29, 0.717) is 5.56 Å². The molecule has 2 aromatic rings. The van der Waals surface area contributed by atoms with E-state index >= 15 is 0 Å². The predicted molar refractivity (Wildman–Crippen MR) is 119 cm³/mol. The van der Waals surface area contributed by atoms with E-state index < -0.39 is 12.1 Å². The summed E-state index contributed by atoms with van der Waals surface area (Å²) >= 11 is 0. The molecular weight excluding hydrogens is 378 g/mol. The minimum atomic E-state index is -0.997. The van der Waals surface area contributed by atoms with Gasteiger partial charge >= 0.3 is 12.1 Å². The zero-order valence-electron chi connectivity index (χ0n) is 17.5. The van der Waals surface area contributed by atoms with Gasteiger partial charge in [0.2, 0.25) is 0 Å². The second-order valence-electron chi connectivity index (χ2n) is 6.93. The van der Waals surface area contributed by atoms with Gasteiger partial charge in [0.15, 0.2) is 0 Å². The van der Waals surface area contributed by atoms with Crippen molar-refractivity contribution < 1.29 is 19.4 Å². The van der Waals surface area contributed by atoms with Crippen molar-refractivity contribution in [3.63, 3.8) is 0 Å². The van der Waals surface area contributed by atoms with Gasteiger partial charge in [0.1, 0.15) is 6.61 Å². The molecule has 0 radical (unpaired) electrons. The van der Waals surface area contributed by atoms with Crippen molar-refractivity contribution in [2.45, 2.75) is 39.2 Å². The average Bonchev–Trinajstić information content (AvgIpc) is 2.77. The number of nitrogens with one attached hydrogen (secondary N) is 1. The molecule has 30 heavy (non-hydrogen) atoms. The van der Waals surface area contributed by atoms with Gasteiger partial charge in [0.25, 0.3) is 0 Å². The highest BCUT2D eigenvalue weighted by atomic mass is 16.5. The molecule has 2 aromatic carbocycles. The van der Waals surface area contributed by atoms with Crippen molar-refractivity contribution >= 4 is 12.1 Å². The van der Waals surface area contributed by atoms with Gasteiger partial charge in [-0.3, -0.25) is 0 Å². The van der Waals surface area contributed by atoms with E-state index in [2.05, 4.69) is 29.6 Å². The van der Waals surface area contributed by atoms with Crippen LogP contribution in [0.1, 0.15) is 53.2 Å². The lowest BCUT2D eigenvalue weighted by molar-refractivity contribution is 0.0696. The zero-order valence-corrected chi connectivity index (χ0v) is 17.5. The van der Waals surface area contributed by atoms with E-state index in [-0.39, 0.29) is 24.6 Å². The third-order valence-electron chi connectivity index (χ3n) is 4.75. The second kappa shape index (κ2) is 12.3. The van der Waals surface area contributed by atoms with Gasteiger partial charge in [0.05, 0.1) is 5.56 Å². The van der Waals surface area contributed by atoms with Crippen LogP contribution in [0.4, 0.5) is 4.79 Å². The van der Waals surface area contributed by atoms with Crippen LogP contribution in [-0.2, 0) is 17.7 Å². The lowest BCUT2D eigenvalue weighted by Gasteiger charge is -2.19. The Morgan fingerprint density at radius 1 is 1.07 bits per heavy atom. The summed E-state index contributed by atoms with van der Waals surface area (Å²) in [4.78, 5) is 23.3. The van der Waals surface area contributed by atoms with Crippen molar-refractivity contribution in [2.75, 3.05) is 6.61 Å². The minimum Gasteiger partial charge on any atom is -0.478 e. The number of ether oxygens (including phenoxy) is 1. The Balaban J connectivity index is 2.00. The standard InChI is InChI=1S/C25H29NO4/c1-3-5-11-20-13-7-8-15-23(20)22(12-6-4-2)18-30-25(29)26-17-19-10-9-14-21(16-19)24(27)28/h3-10,13-16,22H,11-12,17-18H2,1-2H3,(H,26,29)(H,27,28)/b5-3-,6-4-. The van der Waals surface area contributed by atoms with E-state index in [9.17, 15) is 9.59 Å². The number of amides is 1. The lowest BCUT2D eigenvalue weighted by atomic mass is 9.90. The van der Waals surface area contributed by atoms with Crippen molar-refractivity contribution in [3.05, 3.63) is 95.1 Å². The van der Waals surface area contributed by atoms with Crippen molar-refractivity contribution in [3.8, 4) is 0 Å². The monoisotopic (exact) mass is 407 g/mol. The first-order valence-corrected chi connectivity index (χ1v) is 10.1. The molecule has 0 saturated heterocycles. The fourth-order valence-corrected chi connectivity index (χ4v) is 3.16. The number of alkyl carbamates (subject to hydrolysis) is 1. The van der Waals surface area contributed by atoms with Gasteiger partial charge in [-0.25, -0.2) is 9.59 Å². The smallest absolute Gasteiger partial charge is 0.407 e. The summed E-state index contributed by atoms with van der Waals surface area (Å²) in [6.07, 6.45) is 9.31. The average molecular weight is 408 g/mol. The zero-order chi connectivity index (χ0) is 21.8. The fraction of sp³-hybridized carbons (Fsp3) is 0.280. The summed E-state index contributed by atoms with van der Waals surface area (Å²) in [7, 11) is 0. The van der Waals surface area contributed by atoms with Crippen LogP contribution in [0.3, 0.4) is 0 Å². The third-order valence-corrected chi connectivity index (χ3v) is 4.75. The van der Waals surface area contributed by atoms with Crippen molar-refractivity contribution in [1.29, 1.82) is 0 Å². The van der Waals surface area contributed by atoms with E-state index in [0.717, 1.165) is 12.8 Å². The Labute approximate surface area is 178 Å². The Bertz CT molecular complexity index is 902. The van der Waals surface area contributed by atoms with E-state index in [4.69, 9.17) is 9.84 Å². The van der Waals surface area contributed by atoms with Crippen LogP contribution >= 0.6 is 0 Å². The molecule has 0 aromatic heterocycles. The van der Waals surface area contributed by atoms with Gasteiger partial charge in [-0.2, -0.15) is 0 Å². The van der Waals surface area contributed by atoms with Gasteiger partial charge in [0, 0.05) is 12.5 Å². The number of benzene rings is 2. The third kappa shape index (κ3) is 7.24. The Morgan fingerprint density at radius 3 is 2.57 bits per heavy atom. The molecule has 2 rings (SSSR count). The van der Waals surface area contributed by atoms with Crippen LogP contribution in [0.15, 0.2) is 72.8 Å². The molecule has 158 valence electrons. The number of rotatable bonds is 10. The fourth-order valence-electron chi connectivity index (χ4n) is 3.16. The van der Waals surface area contributed by atoms with E-state index in [1.54, 1.807) is 12.1 Å². The number of allylic oxidation sites excluding steroid dienone is 4. The normalized spacial score (nSPS) is 12.2. The first-order chi connectivity index (χ1) is 14.5. The van der Waals surface area contributed by atoms with Gasteiger partial charge < -0.3 is 15.2 Å². The number of carbonyl (C=O) groups excluding carboxylic acids is 1. The second-order valence-corrected chi connectivity index (χ2v) is 6.93. The predicted octanol–water partition coefficient (Wildman–Crippen LogP) is 5.48. The number of hydrogen-bond donors (Lipinski definition) is 2. The molecule has 1 amide bonds. The maximum Gasteiger partial charge on any atom is 0.407 e. The van der Waals surface area contributed by atoms with Gasteiger partial charge in [-0.15, -0.1) is 0 Å². The maximum atomic E-state index is 12.2. The van der Waals surface area contributed by atoms with Crippen molar-refractivity contribution in [2.24, 2.45) is 0 Å². The number of aromatic carboxylic acids is 1. The van der Waals surface area contributed by atoms with Crippen molar-refractivity contribution in [1.82, 2.24) is 5.32 Å². The summed E-state index contributed by atoms with van der Waals surface area (Å²) in [6, 6.07) is 14.7. The van der Waals surface area contributed by atoms with Crippen LogP contribution in [-0.4, -0.2) is 23.8 Å². The molecule has 0 aliphatic carbocycles. The van der Waals surface area contributed by atoms with Gasteiger partial charge in [-0.05, 0) is 55.5 Å². The van der Waals surface area contributed by atoms with Crippen LogP contribution in [0.5, 0.6) is 0 Å². The highest BCUT2D eigenvalue weighted by molar-refractivity contribution is 5.87. The number of carbonyl (C=O) groups is 2. The Kier molecular flexibility index (Phi) is 9.38. The number of hydrogen-bond acceptors (Lipinski definition) is 3. The quantitative estimate of drug-likeness (QED) is 0.511. The first-order valence-electron chi connectivity index (χ1n) is 10.1. The molecule has 0 aliphatic heterocycles. The van der Waals surface area contributed by atoms with Gasteiger partial charge in [-0.1, -0.05) is 60.7 Å².